The molecule has 2 unspecified atom stereocenters. The van der Waals surface area contributed by atoms with Gasteiger partial charge < -0.3 is 14.2 Å². The summed E-state index contributed by atoms with van der Waals surface area (Å²) in [5.74, 6) is 1.03. The van der Waals surface area contributed by atoms with Gasteiger partial charge in [0.1, 0.15) is 11.3 Å². The summed E-state index contributed by atoms with van der Waals surface area (Å²) in [7, 11) is 0. The Kier molecular flexibility index (Phi) is 9.13. The van der Waals surface area contributed by atoms with Crippen molar-refractivity contribution in [2.75, 3.05) is 9.80 Å². The van der Waals surface area contributed by atoms with Gasteiger partial charge in [-0.3, -0.25) is 0 Å². The van der Waals surface area contributed by atoms with E-state index < -0.39 is 0 Å². The second-order valence-electron chi connectivity index (χ2n) is 20.2. The van der Waals surface area contributed by atoms with Gasteiger partial charge in [-0.15, -0.1) is 11.3 Å². The molecule has 2 heterocycles. The molecule has 11 aromatic rings. The number of benzene rings is 9. The van der Waals surface area contributed by atoms with Crippen LogP contribution in [0.15, 0.2) is 222 Å². The molecule has 4 heteroatoms. The number of allylic oxidation sites excluding steroid dienone is 3. The standard InChI is InChI=1S/C66H50N2OS/c1-65(2)57-26-14-12-22-49(57)50-33-30-46(40-58(50)65)67(43-17-6-4-7-18-43)47-31-34-55-61(41-47)70-64-54-32-29-42(39-56(54)48-21-10-11-24-52(48)62(55)64)66(3)37-35-45(36-38-66)68(44-19-8-5-9-20-44)59-27-16-25-53-51-23-13-15-28-60(51)69-63(53)59/h4-26,28-37,39-41,59H,27,38H2,1-3H3. The van der Waals surface area contributed by atoms with Crippen molar-refractivity contribution >= 4 is 92.8 Å². The molecule has 70 heavy (non-hydrogen) atoms. The Morgan fingerprint density at radius 3 is 2.04 bits per heavy atom. The summed E-state index contributed by atoms with van der Waals surface area (Å²) >= 11 is 1.92. The van der Waals surface area contributed by atoms with Crippen molar-refractivity contribution in [1.82, 2.24) is 0 Å². The summed E-state index contributed by atoms with van der Waals surface area (Å²) in [6, 6.07) is 69.5. The van der Waals surface area contributed by atoms with Gasteiger partial charge in [-0.25, -0.2) is 0 Å². The van der Waals surface area contributed by atoms with Crippen molar-refractivity contribution < 1.29 is 4.42 Å². The summed E-state index contributed by atoms with van der Waals surface area (Å²) in [5, 5.41) is 9.03. The molecule has 9 aromatic carbocycles. The number of para-hydroxylation sites is 3. The molecule has 3 aliphatic carbocycles. The van der Waals surface area contributed by atoms with Gasteiger partial charge in [0.15, 0.2) is 0 Å². The Balaban J connectivity index is 0.850. The van der Waals surface area contributed by atoms with E-state index >= 15 is 0 Å². The van der Waals surface area contributed by atoms with Crippen LogP contribution in [0.3, 0.4) is 0 Å². The van der Waals surface area contributed by atoms with Gasteiger partial charge in [0.05, 0.1) is 6.04 Å². The largest absolute Gasteiger partial charge is 0.458 e. The topological polar surface area (TPSA) is 19.6 Å². The van der Waals surface area contributed by atoms with Crippen LogP contribution in [0.4, 0.5) is 22.7 Å². The minimum atomic E-state index is -0.196. The number of thiophene rings is 1. The third-order valence-electron chi connectivity index (χ3n) is 15.8. The van der Waals surface area contributed by atoms with Gasteiger partial charge in [0.2, 0.25) is 0 Å². The minimum Gasteiger partial charge on any atom is -0.458 e. The molecule has 2 atom stereocenters. The zero-order valence-corrected chi connectivity index (χ0v) is 40.3. The fourth-order valence-corrected chi connectivity index (χ4v) is 13.4. The van der Waals surface area contributed by atoms with E-state index in [1.807, 2.05) is 11.3 Å². The van der Waals surface area contributed by atoms with Gasteiger partial charge in [-0.1, -0.05) is 172 Å². The molecule has 0 saturated heterocycles. The fourth-order valence-electron chi connectivity index (χ4n) is 12.2. The van der Waals surface area contributed by atoms with Crippen LogP contribution in [-0.4, -0.2) is 0 Å². The lowest BCUT2D eigenvalue weighted by Crippen LogP contribution is -2.31. The first-order valence-corrected chi connectivity index (χ1v) is 25.5. The van der Waals surface area contributed by atoms with Gasteiger partial charge in [-0.05, 0) is 124 Å². The molecule has 0 aliphatic heterocycles. The van der Waals surface area contributed by atoms with Crippen molar-refractivity contribution in [2.24, 2.45) is 0 Å². The Morgan fingerprint density at radius 2 is 1.23 bits per heavy atom. The average molecular weight is 919 g/mol. The van der Waals surface area contributed by atoms with E-state index in [0.29, 0.717) is 0 Å². The third kappa shape index (κ3) is 6.19. The molecule has 3 nitrogen and oxygen atoms in total. The Bertz CT molecular complexity index is 4020. The number of anilines is 4. The predicted molar refractivity (Wildman–Crippen MR) is 297 cm³/mol. The summed E-state index contributed by atoms with van der Waals surface area (Å²) in [4.78, 5) is 4.92. The number of hydrogen-bond donors (Lipinski definition) is 0. The van der Waals surface area contributed by atoms with E-state index in [-0.39, 0.29) is 16.9 Å². The van der Waals surface area contributed by atoms with E-state index in [0.717, 1.165) is 41.2 Å². The van der Waals surface area contributed by atoms with Crippen LogP contribution in [0.25, 0.3) is 69.9 Å². The second kappa shape index (κ2) is 15.5. The molecule has 0 spiro atoms. The first-order valence-electron chi connectivity index (χ1n) is 24.6. The van der Waals surface area contributed by atoms with E-state index in [1.165, 1.54) is 91.9 Å². The molecular formula is C66H50N2OS. The maximum Gasteiger partial charge on any atom is 0.135 e. The predicted octanol–water partition coefficient (Wildman–Crippen LogP) is 18.6. The van der Waals surface area contributed by atoms with Crippen LogP contribution >= 0.6 is 11.3 Å². The van der Waals surface area contributed by atoms with E-state index in [2.05, 4.69) is 249 Å². The van der Waals surface area contributed by atoms with Gasteiger partial charge in [0.25, 0.3) is 0 Å². The zero-order valence-electron chi connectivity index (χ0n) is 39.5. The first-order chi connectivity index (χ1) is 34.3. The highest BCUT2D eigenvalue weighted by Crippen LogP contribution is 2.52. The molecule has 0 saturated carbocycles. The van der Waals surface area contributed by atoms with Gasteiger partial charge in [-0.2, -0.15) is 0 Å². The smallest absolute Gasteiger partial charge is 0.135 e. The molecule has 3 aliphatic rings. The Hall–Kier alpha value is -7.92. The molecule has 2 aromatic heterocycles. The maximum atomic E-state index is 6.67. The van der Waals surface area contributed by atoms with Crippen molar-refractivity contribution in [1.29, 1.82) is 0 Å². The van der Waals surface area contributed by atoms with Crippen LogP contribution in [0, 0.1) is 0 Å². The fraction of sp³-hybridized carbons (Fsp3) is 0.121. The van der Waals surface area contributed by atoms with Crippen LogP contribution < -0.4 is 9.80 Å². The van der Waals surface area contributed by atoms with E-state index in [1.54, 1.807) is 0 Å². The molecule has 0 fully saturated rings. The van der Waals surface area contributed by atoms with Crippen molar-refractivity contribution in [3.63, 3.8) is 0 Å². The Morgan fingerprint density at radius 1 is 0.543 bits per heavy atom. The van der Waals surface area contributed by atoms with Crippen LogP contribution in [0.2, 0.25) is 0 Å². The van der Waals surface area contributed by atoms with Crippen molar-refractivity contribution in [2.45, 2.75) is 50.5 Å². The first kappa shape index (κ1) is 41.1. The number of hydrogen-bond acceptors (Lipinski definition) is 4. The SMILES string of the molecule is CC1(c2ccc3c(c2)c2ccccc2c2c4ccc(N(c5ccccc5)c5ccc6c(c5)C(C)(C)c5ccccc5-6)cc4sc32)C=CC(N(c2ccccc2)C2CC=Cc3c2oc2ccccc32)=CC1. The number of fused-ring (bicyclic) bond motifs is 14. The lowest BCUT2D eigenvalue weighted by Gasteiger charge is -2.37. The molecule has 0 N–H and O–H groups in total. The lowest BCUT2D eigenvalue weighted by atomic mass is 9.76. The summed E-state index contributed by atoms with van der Waals surface area (Å²) in [6.45, 7) is 7.12. The number of furan rings is 1. The normalized spacial score (nSPS) is 17.8. The molecular weight excluding hydrogens is 869 g/mol. The molecule has 336 valence electrons. The maximum absolute atomic E-state index is 6.67. The zero-order chi connectivity index (χ0) is 46.7. The molecule has 0 radical (unpaired) electrons. The molecule has 0 bridgehead atoms. The summed E-state index contributed by atoms with van der Waals surface area (Å²) < 4.78 is 9.30. The quantitative estimate of drug-likeness (QED) is 0.149. The third-order valence-corrected chi connectivity index (χ3v) is 17.0. The monoisotopic (exact) mass is 918 g/mol. The Labute approximate surface area is 412 Å². The highest BCUT2D eigenvalue weighted by atomic mass is 32.1. The molecule has 0 amide bonds. The molecule has 14 rings (SSSR count). The second-order valence-corrected chi connectivity index (χ2v) is 21.2. The van der Waals surface area contributed by atoms with Crippen molar-refractivity contribution in [3.05, 3.63) is 246 Å². The number of nitrogens with zero attached hydrogens (tertiary/aromatic N) is 2. The van der Waals surface area contributed by atoms with Gasteiger partial charge >= 0.3 is 0 Å². The summed E-state index contributed by atoms with van der Waals surface area (Å²) in [6.07, 6.45) is 13.5. The lowest BCUT2D eigenvalue weighted by molar-refractivity contribution is 0.482. The van der Waals surface area contributed by atoms with Crippen LogP contribution in [-0.2, 0) is 10.8 Å². The summed E-state index contributed by atoms with van der Waals surface area (Å²) in [5.41, 5.74) is 14.4. The van der Waals surface area contributed by atoms with Crippen LogP contribution in [0.1, 0.15) is 67.7 Å². The highest BCUT2D eigenvalue weighted by Gasteiger charge is 2.37. The van der Waals surface area contributed by atoms with Crippen LogP contribution in [0.5, 0.6) is 0 Å². The van der Waals surface area contributed by atoms with E-state index in [4.69, 9.17) is 4.42 Å². The van der Waals surface area contributed by atoms with Gasteiger partial charge in [0, 0.05) is 75.8 Å². The average Bonchev–Trinajstić information content (AvgIpc) is 4.06. The number of rotatable bonds is 7. The van der Waals surface area contributed by atoms with Crippen molar-refractivity contribution in [3.8, 4) is 11.1 Å². The minimum absolute atomic E-state index is 0.0353. The van der Waals surface area contributed by atoms with E-state index in [9.17, 15) is 0 Å². The highest BCUT2D eigenvalue weighted by molar-refractivity contribution is 7.27.